The van der Waals surface area contributed by atoms with E-state index in [4.69, 9.17) is 9.47 Å². The lowest BCUT2D eigenvalue weighted by Gasteiger charge is -2.38. The summed E-state index contributed by atoms with van der Waals surface area (Å²) >= 11 is 0. The van der Waals surface area contributed by atoms with Crippen LogP contribution in [0.1, 0.15) is 50.8 Å². The zero-order valence-electron chi connectivity index (χ0n) is 16.0. The molecule has 2 fully saturated rings. The average Bonchev–Trinajstić information content (AvgIpc) is 2.95. The number of benzene rings is 1. The van der Waals surface area contributed by atoms with Gasteiger partial charge in [-0.25, -0.2) is 9.59 Å². The van der Waals surface area contributed by atoms with Gasteiger partial charge in [0.05, 0.1) is 6.04 Å². The van der Waals surface area contributed by atoms with Crippen molar-refractivity contribution >= 4 is 12.2 Å². The molecule has 26 heavy (non-hydrogen) atoms. The van der Waals surface area contributed by atoms with E-state index in [9.17, 15) is 9.59 Å². The Morgan fingerprint density at radius 1 is 1.23 bits per heavy atom. The van der Waals surface area contributed by atoms with Gasteiger partial charge >= 0.3 is 12.2 Å². The third kappa shape index (κ3) is 4.11. The minimum Gasteiger partial charge on any atom is -0.447 e. The molecular formula is C20H28N2O4. The van der Waals surface area contributed by atoms with E-state index >= 15 is 0 Å². The molecule has 0 spiro atoms. The number of amides is 2. The van der Waals surface area contributed by atoms with Crippen LogP contribution >= 0.6 is 0 Å². The molecule has 142 valence electrons. The Kier molecular flexibility index (Phi) is 5.12. The molecule has 2 amide bonds. The second-order valence-electron chi connectivity index (χ2n) is 8.11. The lowest BCUT2D eigenvalue weighted by molar-refractivity contribution is 0.0156. The van der Waals surface area contributed by atoms with Crippen LogP contribution in [0.3, 0.4) is 0 Å². The van der Waals surface area contributed by atoms with E-state index in [0.717, 1.165) is 18.4 Å². The van der Waals surface area contributed by atoms with Crippen LogP contribution in [-0.2, 0) is 9.47 Å². The molecule has 6 nitrogen and oxygen atoms in total. The molecule has 0 N–H and O–H groups in total. The van der Waals surface area contributed by atoms with Gasteiger partial charge in [0.1, 0.15) is 12.2 Å². The summed E-state index contributed by atoms with van der Waals surface area (Å²) in [5.74, 6) is 0. The number of carbonyl (C=O) groups excluding carboxylic acids is 2. The molecule has 2 aliphatic heterocycles. The Hall–Kier alpha value is -2.24. The number of aryl methyl sites for hydroxylation is 1. The molecule has 1 aromatic rings. The summed E-state index contributed by atoms with van der Waals surface area (Å²) in [7, 11) is 0. The number of carbonyl (C=O) groups is 2. The lowest BCUT2D eigenvalue weighted by Crippen LogP contribution is -2.48. The van der Waals surface area contributed by atoms with E-state index in [1.54, 1.807) is 4.90 Å². The highest BCUT2D eigenvalue weighted by atomic mass is 16.6. The standard InChI is InChI=1S/C20H28N2O4/c1-14-6-5-7-15(12-14)17-13-25-19(24)22(17)16-8-10-21(11-9-16)18(23)26-20(2,3)4/h5-7,12,16-17H,8-11,13H2,1-4H3. The fourth-order valence-corrected chi connectivity index (χ4v) is 3.62. The largest absolute Gasteiger partial charge is 0.447 e. The molecule has 0 aliphatic carbocycles. The quantitative estimate of drug-likeness (QED) is 0.803. The van der Waals surface area contributed by atoms with E-state index in [-0.39, 0.29) is 24.3 Å². The molecule has 2 aliphatic rings. The van der Waals surface area contributed by atoms with Gasteiger partial charge in [-0.05, 0) is 46.1 Å². The number of hydrogen-bond acceptors (Lipinski definition) is 4. The number of rotatable bonds is 2. The van der Waals surface area contributed by atoms with Gasteiger partial charge in [-0.1, -0.05) is 29.8 Å². The SMILES string of the molecule is Cc1cccc(C2COC(=O)N2C2CCN(C(=O)OC(C)(C)C)CC2)c1. The molecule has 6 heteroatoms. The Morgan fingerprint density at radius 3 is 2.54 bits per heavy atom. The highest BCUT2D eigenvalue weighted by molar-refractivity contribution is 5.71. The third-order valence-electron chi connectivity index (χ3n) is 4.85. The number of hydrogen-bond donors (Lipinski definition) is 0. The van der Waals surface area contributed by atoms with Crippen LogP contribution in [0.15, 0.2) is 24.3 Å². The molecule has 1 aromatic carbocycles. The molecule has 1 unspecified atom stereocenters. The Bertz CT molecular complexity index is 675. The molecule has 0 radical (unpaired) electrons. The second-order valence-corrected chi connectivity index (χ2v) is 8.11. The van der Waals surface area contributed by atoms with Crippen LogP contribution in [0, 0.1) is 6.92 Å². The highest BCUT2D eigenvalue weighted by Crippen LogP contribution is 2.33. The average molecular weight is 360 g/mol. The zero-order chi connectivity index (χ0) is 18.9. The van der Waals surface area contributed by atoms with Crippen LogP contribution in [-0.4, -0.2) is 53.3 Å². The summed E-state index contributed by atoms with van der Waals surface area (Å²) in [5.41, 5.74) is 1.77. The summed E-state index contributed by atoms with van der Waals surface area (Å²) in [4.78, 5) is 28.2. The monoisotopic (exact) mass is 360 g/mol. The van der Waals surface area contributed by atoms with E-state index in [0.29, 0.717) is 19.7 Å². The number of nitrogens with zero attached hydrogens (tertiary/aromatic N) is 2. The van der Waals surface area contributed by atoms with Crippen LogP contribution in [0.5, 0.6) is 0 Å². The van der Waals surface area contributed by atoms with Gasteiger partial charge in [-0.15, -0.1) is 0 Å². The van der Waals surface area contributed by atoms with Gasteiger partial charge in [0.15, 0.2) is 0 Å². The van der Waals surface area contributed by atoms with Crippen LogP contribution in [0.2, 0.25) is 0 Å². The summed E-state index contributed by atoms with van der Waals surface area (Å²) in [5, 5.41) is 0. The van der Waals surface area contributed by atoms with Gasteiger partial charge in [-0.3, -0.25) is 4.90 Å². The summed E-state index contributed by atoms with van der Waals surface area (Å²) in [6.07, 6.45) is 0.926. The van der Waals surface area contributed by atoms with Crippen molar-refractivity contribution in [3.05, 3.63) is 35.4 Å². The van der Waals surface area contributed by atoms with Crippen molar-refractivity contribution in [1.82, 2.24) is 9.80 Å². The van der Waals surface area contributed by atoms with Crippen molar-refractivity contribution in [3.63, 3.8) is 0 Å². The topological polar surface area (TPSA) is 59.1 Å². The van der Waals surface area contributed by atoms with E-state index in [1.165, 1.54) is 5.56 Å². The summed E-state index contributed by atoms with van der Waals surface area (Å²) < 4.78 is 10.8. The van der Waals surface area contributed by atoms with Crippen LogP contribution in [0.4, 0.5) is 9.59 Å². The normalized spacial score (nSPS) is 21.7. The molecule has 2 heterocycles. The fraction of sp³-hybridized carbons (Fsp3) is 0.600. The Balaban J connectivity index is 1.66. The third-order valence-corrected chi connectivity index (χ3v) is 4.85. The van der Waals surface area contributed by atoms with Crippen molar-refractivity contribution in [2.24, 2.45) is 0 Å². The minimum atomic E-state index is -0.497. The van der Waals surface area contributed by atoms with Gasteiger partial charge in [-0.2, -0.15) is 0 Å². The van der Waals surface area contributed by atoms with E-state index in [1.807, 2.05) is 50.8 Å². The smallest absolute Gasteiger partial charge is 0.410 e. The summed E-state index contributed by atoms with van der Waals surface area (Å²) in [6.45, 7) is 9.20. The zero-order valence-corrected chi connectivity index (χ0v) is 16.0. The first-order valence-electron chi connectivity index (χ1n) is 9.24. The maximum absolute atomic E-state index is 12.3. The van der Waals surface area contributed by atoms with Gasteiger partial charge in [0.25, 0.3) is 0 Å². The molecular weight excluding hydrogens is 332 g/mol. The van der Waals surface area contributed by atoms with Gasteiger partial charge in [0.2, 0.25) is 0 Å². The first kappa shape index (κ1) is 18.5. The molecule has 1 atom stereocenters. The van der Waals surface area contributed by atoms with Crippen molar-refractivity contribution < 1.29 is 19.1 Å². The second kappa shape index (κ2) is 7.17. The predicted octanol–water partition coefficient (Wildman–Crippen LogP) is 3.89. The van der Waals surface area contributed by atoms with Crippen LogP contribution in [0.25, 0.3) is 0 Å². The number of cyclic esters (lactones) is 1. The first-order valence-corrected chi connectivity index (χ1v) is 9.24. The molecule has 3 rings (SSSR count). The van der Waals surface area contributed by atoms with Crippen molar-refractivity contribution in [2.45, 2.75) is 58.2 Å². The fourth-order valence-electron chi connectivity index (χ4n) is 3.62. The van der Waals surface area contributed by atoms with E-state index in [2.05, 4.69) is 6.07 Å². The molecule has 2 saturated heterocycles. The highest BCUT2D eigenvalue weighted by Gasteiger charge is 2.41. The first-order chi connectivity index (χ1) is 12.2. The molecule has 0 aromatic heterocycles. The molecule has 0 saturated carbocycles. The summed E-state index contributed by atoms with van der Waals surface area (Å²) in [6, 6.07) is 8.23. The van der Waals surface area contributed by atoms with E-state index < -0.39 is 5.60 Å². The van der Waals surface area contributed by atoms with Crippen molar-refractivity contribution in [3.8, 4) is 0 Å². The Labute approximate surface area is 155 Å². The number of piperidine rings is 1. The lowest BCUT2D eigenvalue weighted by atomic mass is 9.98. The predicted molar refractivity (Wildman–Crippen MR) is 97.9 cm³/mol. The maximum Gasteiger partial charge on any atom is 0.410 e. The molecule has 0 bridgehead atoms. The number of likely N-dealkylation sites (tertiary alicyclic amines) is 1. The van der Waals surface area contributed by atoms with Crippen LogP contribution < -0.4 is 0 Å². The minimum absolute atomic E-state index is 0.0551. The van der Waals surface area contributed by atoms with Gasteiger partial charge in [0, 0.05) is 19.1 Å². The Morgan fingerprint density at radius 2 is 1.92 bits per heavy atom. The maximum atomic E-state index is 12.3. The number of ether oxygens (including phenoxy) is 2. The van der Waals surface area contributed by atoms with Crippen molar-refractivity contribution in [1.29, 1.82) is 0 Å². The van der Waals surface area contributed by atoms with Crippen molar-refractivity contribution in [2.75, 3.05) is 19.7 Å². The van der Waals surface area contributed by atoms with Gasteiger partial charge < -0.3 is 14.4 Å².